The molecule has 0 bridgehead atoms. The number of esters is 1. The first kappa shape index (κ1) is 30.5. The number of carbonyl (C=O) groups excluding carboxylic acids is 2. The molecule has 238 valence electrons. The van der Waals surface area contributed by atoms with E-state index >= 15 is 0 Å². The number of hydrogen-bond donors (Lipinski definition) is 1. The molecule has 7 rings (SSSR count). The molecular formula is C41H40N2O4. The van der Waals surface area contributed by atoms with Crippen LogP contribution in [0.25, 0.3) is 21.5 Å². The fraction of sp³-hybridized carbons (Fsp3) is 0.268. The smallest absolute Gasteiger partial charge is 0.330 e. The minimum absolute atomic E-state index is 0.0183. The van der Waals surface area contributed by atoms with Gasteiger partial charge in [0.15, 0.2) is 5.78 Å². The Bertz CT molecular complexity index is 2100. The quantitative estimate of drug-likeness (QED) is 0.165. The molecule has 0 spiro atoms. The van der Waals surface area contributed by atoms with Gasteiger partial charge in [-0.15, -0.1) is 0 Å². The van der Waals surface area contributed by atoms with E-state index in [0.717, 1.165) is 40.5 Å². The molecule has 6 heteroatoms. The van der Waals surface area contributed by atoms with E-state index in [9.17, 15) is 14.7 Å². The van der Waals surface area contributed by atoms with Crippen LogP contribution in [0.1, 0.15) is 45.7 Å². The summed E-state index contributed by atoms with van der Waals surface area (Å²) in [5, 5.41) is 16.2. The van der Waals surface area contributed by atoms with Gasteiger partial charge < -0.3 is 19.6 Å². The van der Waals surface area contributed by atoms with Crippen molar-refractivity contribution in [3.8, 4) is 0 Å². The van der Waals surface area contributed by atoms with Crippen molar-refractivity contribution < 1.29 is 19.4 Å². The first-order valence-electron chi connectivity index (χ1n) is 16.3. The molecule has 2 aliphatic heterocycles. The number of aliphatic hydroxyl groups is 1. The number of rotatable bonds is 7. The predicted molar refractivity (Wildman–Crippen MR) is 190 cm³/mol. The van der Waals surface area contributed by atoms with Crippen LogP contribution in [-0.4, -0.2) is 42.6 Å². The van der Waals surface area contributed by atoms with Crippen LogP contribution in [0.2, 0.25) is 0 Å². The Balaban J connectivity index is 1.29. The van der Waals surface area contributed by atoms with Gasteiger partial charge in [0.2, 0.25) is 0 Å². The van der Waals surface area contributed by atoms with Crippen LogP contribution >= 0.6 is 0 Å². The Morgan fingerprint density at radius 3 is 2.15 bits per heavy atom. The first-order chi connectivity index (χ1) is 22.5. The molecule has 4 aromatic carbocycles. The van der Waals surface area contributed by atoms with Crippen molar-refractivity contribution in [2.45, 2.75) is 51.5 Å². The molecule has 0 saturated carbocycles. The van der Waals surface area contributed by atoms with Gasteiger partial charge in [-0.25, -0.2) is 4.79 Å². The molecule has 1 N–H and O–H groups in total. The highest BCUT2D eigenvalue weighted by Gasteiger charge is 2.47. The topological polar surface area (TPSA) is 70.1 Å². The summed E-state index contributed by atoms with van der Waals surface area (Å²) in [6.07, 6.45) is 4.96. The van der Waals surface area contributed by atoms with E-state index in [1.807, 2.05) is 24.3 Å². The number of likely N-dealkylation sites (N-methyl/N-ethyl adjacent to an activating group) is 1. The molecule has 0 saturated heterocycles. The van der Waals surface area contributed by atoms with Gasteiger partial charge in [0, 0.05) is 40.5 Å². The van der Waals surface area contributed by atoms with E-state index in [2.05, 4.69) is 112 Å². The first-order valence-corrected chi connectivity index (χ1v) is 16.3. The minimum atomic E-state index is -0.476. The number of ketones is 1. The number of Topliss-reactive ketones (excluding diaryl/α,β-unsaturated/α-hetero) is 1. The molecule has 0 aromatic heterocycles. The van der Waals surface area contributed by atoms with Gasteiger partial charge in [-0.1, -0.05) is 94.9 Å². The molecular weight excluding hydrogens is 584 g/mol. The molecule has 6 nitrogen and oxygen atoms in total. The summed E-state index contributed by atoms with van der Waals surface area (Å²) in [6, 6.07) is 24.9. The number of benzene rings is 4. The van der Waals surface area contributed by atoms with E-state index in [0.29, 0.717) is 17.7 Å². The summed E-state index contributed by atoms with van der Waals surface area (Å²) in [6.45, 7) is 15.7. The number of hydrogen-bond acceptors (Lipinski definition) is 6. The SMILES string of the molecule is C=CC(=O)OCCN1c2ccc3ccccc3c2C(C)(C)C1C=C1C(=O)C(C=C2N(CC)c3ccc4ccccc4c3C2(C)C)=C1O. The van der Waals surface area contributed by atoms with Crippen molar-refractivity contribution in [1.82, 2.24) is 0 Å². The third-order valence-electron chi connectivity index (χ3n) is 10.4. The average Bonchev–Trinajstić information content (AvgIpc) is 3.43. The minimum Gasteiger partial charge on any atom is -0.506 e. The van der Waals surface area contributed by atoms with Crippen LogP contribution in [0.15, 0.2) is 120 Å². The van der Waals surface area contributed by atoms with Crippen molar-refractivity contribution >= 4 is 44.7 Å². The highest BCUT2D eigenvalue weighted by Crippen LogP contribution is 2.53. The van der Waals surface area contributed by atoms with Crippen molar-refractivity contribution in [2.24, 2.45) is 0 Å². The molecule has 1 atom stereocenters. The van der Waals surface area contributed by atoms with Crippen LogP contribution in [0.3, 0.4) is 0 Å². The summed E-state index contributed by atoms with van der Waals surface area (Å²) in [7, 11) is 0. The van der Waals surface area contributed by atoms with Crippen LogP contribution in [-0.2, 0) is 25.2 Å². The Kier molecular flexibility index (Phi) is 7.16. The molecule has 1 unspecified atom stereocenters. The lowest BCUT2D eigenvalue weighted by atomic mass is 9.75. The monoisotopic (exact) mass is 624 g/mol. The number of anilines is 2. The van der Waals surface area contributed by atoms with Gasteiger partial charge >= 0.3 is 5.97 Å². The zero-order valence-electron chi connectivity index (χ0n) is 27.6. The molecule has 3 aliphatic rings. The van der Waals surface area contributed by atoms with Gasteiger partial charge in [0.25, 0.3) is 0 Å². The van der Waals surface area contributed by atoms with Gasteiger partial charge in [-0.05, 0) is 63.9 Å². The van der Waals surface area contributed by atoms with E-state index in [4.69, 9.17) is 4.74 Å². The van der Waals surface area contributed by atoms with Crippen LogP contribution in [0, 0.1) is 0 Å². The molecule has 47 heavy (non-hydrogen) atoms. The van der Waals surface area contributed by atoms with Crippen molar-refractivity contribution in [3.05, 3.63) is 131 Å². The summed E-state index contributed by atoms with van der Waals surface area (Å²) in [5.41, 5.74) is 5.41. The lowest BCUT2D eigenvalue weighted by molar-refractivity contribution is -0.137. The van der Waals surface area contributed by atoms with E-state index in [1.165, 1.54) is 21.9 Å². The van der Waals surface area contributed by atoms with Crippen LogP contribution in [0.4, 0.5) is 11.4 Å². The number of carbonyl (C=O) groups is 2. The molecule has 0 fully saturated rings. The van der Waals surface area contributed by atoms with Crippen molar-refractivity contribution in [3.63, 3.8) is 0 Å². The summed E-state index contributed by atoms with van der Waals surface area (Å²) in [5.74, 6) is -0.627. The van der Waals surface area contributed by atoms with E-state index < -0.39 is 11.4 Å². The number of fused-ring (bicyclic) bond motifs is 6. The molecule has 4 aromatic rings. The maximum absolute atomic E-state index is 13.9. The predicted octanol–water partition coefficient (Wildman–Crippen LogP) is 8.21. The number of allylic oxidation sites excluding steroid dienone is 4. The molecule has 2 heterocycles. The second kappa shape index (κ2) is 11.0. The van der Waals surface area contributed by atoms with Crippen molar-refractivity contribution in [1.29, 1.82) is 0 Å². The Morgan fingerprint density at radius 2 is 1.53 bits per heavy atom. The van der Waals surface area contributed by atoms with E-state index in [1.54, 1.807) is 0 Å². The maximum Gasteiger partial charge on any atom is 0.330 e. The Labute approximate surface area is 275 Å². The number of nitrogens with zero attached hydrogens (tertiary/aromatic N) is 2. The third-order valence-corrected chi connectivity index (χ3v) is 10.4. The molecule has 0 amide bonds. The zero-order chi connectivity index (χ0) is 33.2. The fourth-order valence-corrected chi connectivity index (χ4v) is 8.09. The Hall–Kier alpha value is -5.10. The normalized spacial score (nSPS) is 21.0. The molecule has 1 aliphatic carbocycles. The summed E-state index contributed by atoms with van der Waals surface area (Å²) in [4.78, 5) is 30.3. The van der Waals surface area contributed by atoms with Crippen LogP contribution in [0.5, 0.6) is 0 Å². The standard InChI is InChI=1S/C41H40N2O4/c1-7-35(44)47-22-21-43-32-20-18-26-14-10-12-16-28(26)37(32)41(5,6)34(43)24-30-38(45)29(39(30)46)23-33-40(3,4)36-27-15-11-9-13-25(27)17-19-31(36)42(33)8-2/h7,9-20,23-24,34,45H,1,8,21-22H2,2-6H3. The van der Waals surface area contributed by atoms with Crippen molar-refractivity contribution in [2.75, 3.05) is 29.5 Å². The number of aliphatic hydroxyl groups excluding tert-OH is 1. The second-order valence-electron chi connectivity index (χ2n) is 13.7. The van der Waals surface area contributed by atoms with Crippen LogP contribution < -0.4 is 9.80 Å². The Morgan fingerprint density at radius 1 is 0.915 bits per heavy atom. The highest BCUT2D eigenvalue weighted by molar-refractivity contribution is 6.21. The van der Waals surface area contributed by atoms with Gasteiger partial charge in [0.05, 0.1) is 23.7 Å². The third kappa shape index (κ3) is 4.53. The number of ether oxygens (including phenoxy) is 1. The van der Waals surface area contributed by atoms with Gasteiger partial charge in [-0.3, -0.25) is 4.79 Å². The lowest BCUT2D eigenvalue weighted by Gasteiger charge is -2.34. The average molecular weight is 625 g/mol. The summed E-state index contributed by atoms with van der Waals surface area (Å²) >= 11 is 0. The summed E-state index contributed by atoms with van der Waals surface area (Å²) < 4.78 is 5.39. The zero-order valence-corrected chi connectivity index (χ0v) is 27.6. The molecule has 0 radical (unpaired) electrons. The fourth-order valence-electron chi connectivity index (χ4n) is 8.09. The lowest BCUT2D eigenvalue weighted by Crippen LogP contribution is -2.43. The van der Waals surface area contributed by atoms with Gasteiger partial charge in [-0.2, -0.15) is 0 Å². The second-order valence-corrected chi connectivity index (χ2v) is 13.7. The maximum atomic E-state index is 13.9. The highest BCUT2D eigenvalue weighted by atomic mass is 16.5. The van der Waals surface area contributed by atoms with Gasteiger partial charge in [0.1, 0.15) is 12.4 Å². The largest absolute Gasteiger partial charge is 0.506 e. The van der Waals surface area contributed by atoms with E-state index in [-0.39, 0.29) is 29.6 Å².